The topological polar surface area (TPSA) is 45.5 Å². The Labute approximate surface area is 120 Å². The molecule has 1 aromatic rings. The molecule has 1 amide bonds. The van der Waals surface area contributed by atoms with Gasteiger partial charge in [0.1, 0.15) is 5.76 Å². The number of hydrogen-bond donors (Lipinski definition) is 1. The van der Waals surface area contributed by atoms with Gasteiger partial charge in [-0.3, -0.25) is 4.79 Å². The van der Waals surface area contributed by atoms with Crippen LogP contribution < -0.4 is 5.32 Å². The van der Waals surface area contributed by atoms with Crippen LogP contribution in [-0.4, -0.2) is 36.1 Å². The number of amides is 1. The Morgan fingerprint density at radius 2 is 2.24 bits per heavy atom. The van der Waals surface area contributed by atoms with E-state index in [0.717, 1.165) is 12.8 Å². The molecular weight excluding hydrogens is 285 g/mol. The monoisotopic (exact) mass is 302 g/mol. The van der Waals surface area contributed by atoms with Crippen LogP contribution in [0.15, 0.2) is 22.8 Å². The van der Waals surface area contributed by atoms with Crippen molar-refractivity contribution >= 4 is 5.91 Å². The number of alkyl halides is 3. The van der Waals surface area contributed by atoms with Gasteiger partial charge in [0.05, 0.1) is 12.8 Å². The molecule has 1 aromatic heterocycles. The van der Waals surface area contributed by atoms with Crippen LogP contribution >= 0.6 is 0 Å². The summed E-state index contributed by atoms with van der Waals surface area (Å²) in [5.41, 5.74) is -2.29. The van der Waals surface area contributed by atoms with Crippen molar-refractivity contribution in [2.24, 2.45) is 5.41 Å². The molecule has 1 saturated carbocycles. The highest BCUT2D eigenvalue weighted by Crippen LogP contribution is 2.46. The van der Waals surface area contributed by atoms with Gasteiger partial charge >= 0.3 is 6.18 Å². The van der Waals surface area contributed by atoms with Gasteiger partial charge in [0.15, 0.2) is 5.41 Å². The lowest BCUT2D eigenvalue weighted by molar-refractivity contribution is -0.222. The lowest BCUT2D eigenvalue weighted by Gasteiger charge is -2.35. The van der Waals surface area contributed by atoms with Crippen LogP contribution in [-0.2, 0) is 11.3 Å². The molecule has 7 heteroatoms. The van der Waals surface area contributed by atoms with Gasteiger partial charge in [0, 0.05) is 12.6 Å². The highest BCUT2D eigenvalue weighted by Gasteiger charge is 2.63. The molecule has 0 spiro atoms. The Morgan fingerprint density at radius 3 is 2.71 bits per heavy atom. The van der Waals surface area contributed by atoms with Crippen molar-refractivity contribution in [1.82, 2.24) is 10.2 Å². The summed E-state index contributed by atoms with van der Waals surface area (Å²) in [4.78, 5) is 14.0. The molecular formula is C14H17F3N2O2. The lowest BCUT2D eigenvalue weighted by atomic mass is 9.84. The highest BCUT2D eigenvalue weighted by atomic mass is 19.4. The van der Waals surface area contributed by atoms with E-state index in [1.807, 2.05) is 0 Å². The molecule has 1 N–H and O–H groups in total. The summed E-state index contributed by atoms with van der Waals surface area (Å²) >= 11 is 0. The average molecular weight is 302 g/mol. The van der Waals surface area contributed by atoms with E-state index < -0.39 is 17.5 Å². The third kappa shape index (κ3) is 2.54. The fourth-order valence-corrected chi connectivity index (χ4v) is 2.84. The first-order chi connectivity index (χ1) is 9.94. The Morgan fingerprint density at radius 1 is 1.48 bits per heavy atom. The van der Waals surface area contributed by atoms with Gasteiger partial charge in [-0.1, -0.05) is 0 Å². The number of hydrogen-bond acceptors (Lipinski definition) is 3. The molecule has 2 aliphatic rings. The van der Waals surface area contributed by atoms with Crippen LogP contribution in [0.1, 0.15) is 25.0 Å². The predicted octanol–water partition coefficient (Wildman–Crippen LogP) is 2.31. The van der Waals surface area contributed by atoms with Crippen molar-refractivity contribution < 1.29 is 22.4 Å². The molecule has 1 aliphatic heterocycles. The number of furan rings is 1. The number of carbonyl (C=O) groups excluding carboxylic acids is 1. The summed E-state index contributed by atoms with van der Waals surface area (Å²) in [6.07, 6.45) is -1.76. The van der Waals surface area contributed by atoms with E-state index in [1.165, 1.54) is 11.2 Å². The van der Waals surface area contributed by atoms with Crippen LogP contribution in [0, 0.1) is 5.41 Å². The van der Waals surface area contributed by atoms with Crippen molar-refractivity contribution in [3.05, 3.63) is 24.2 Å². The summed E-state index contributed by atoms with van der Waals surface area (Å²) in [6, 6.07) is 3.25. The van der Waals surface area contributed by atoms with Crippen molar-refractivity contribution in [3.8, 4) is 0 Å². The maximum Gasteiger partial charge on any atom is 0.404 e. The molecule has 2 fully saturated rings. The Bertz CT molecular complexity index is 503. The zero-order valence-corrected chi connectivity index (χ0v) is 11.4. The molecule has 1 saturated heterocycles. The Balaban J connectivity index is 1.86. The fourth-order valence-electron chi connectivity index (χ4n) is 2.84. The van der Waals surface area contributed by atoms with Gasteiger partial charge in [-0.2, -0.15) is 13.2 Å². The Kier molecular flexibility index (Phi) is 3.47. The molecule has 0 radical (unpaired) electrons. The summed E-state index contributed by atoms with van der Waals surface area (Å²) in [5.74, 6) is -0.308. The second kappa shape index (κ2) is 5.05. The minimum atomic E-state index is -4.54. The minimum Gasteiger partial charge on any atom is -0.467 e. The van der Waals surface area contributed by atoms with Gasteiger partial charge in [0.25, 0.3) is 0 Å². The smallest absolute Gasteiger partial charge is 0.404 e. The average Bonchev–Trinajstić information content (AvgIpc) is 2.94. The quantitative estimate of drug-likeness (QED) is 0.928. The van der Waals surface area contributed by atoms with Gasteiger partial charge in [-0.15, -0.1) is 0 Å². The SMILES string of the molecule is O=C(N(Cc1ccco1)C1CC1)C1(C(F)(F)F)CCNC1. The van der Waals surface area contributed by atoms with Crippen molar-refractivity contribution in [2.75, 3.05) is 13.1 Å². The molecule has 1 unspecified atom stereocenters. The molecule has 1 aliphatic carbocycles. The largest absolute Gasteiger partial charge is 0.467 e. The maximum absolute atomic E-state index is 13.5. The van der Waals surface area contributed by atoms with Crippen LogP contribution in [0.5, 0.6) is 0 Å². The van der Waals surface area contributed by atoms with E-state index in [9.17, 15) is 18.0 Å². The van der Waals surface area contributed by atoms with Gasteiger partial charge in [-0.05, 0) is 37.9 Å². The van der Waals surface area contributed by atoms with Crippen molar-refractivity contribution in [1.29, 1.82) is 0 Å². The van der Waals surface area contributed by atoms with E-state index in [0.29, 0.717) is 5.76 Å². The third-order valence-corrected chi connectivity index (χ3v) is 4.26. The number of halogens is 3. The standard InChI is InChI=1S/C14H17F3N2O2/c15-14(16,17)13(5-6-18-9-13)12(20)19(10-3-4-10)8-11-2-1-7-21-11/h1-2,7,10,18H,3-6,8-9H2. The minimum absolute atomic E-state index is 0.0950. The van der Waals surface area contributed by atoms with E-state index in [2.05, 4.69) is 5.32 Å². The molecule has 4 nitrogen and oxygen atoms in total. The first-order valence-corrected chi connectivity index (χ1v) is 7.05. The molecule has 0 bridgehead atoms. The van der Waals surface area contributed by atoms with E-state index in [4.69, 9.17) is 4.42 Å². The highest BCUT2D eigenvalue weighted by molar-refractivity contribution is 5.85. The van der Waals surface area contributed by atoms with Crippen LogP contribution in [0.2, 0.25) is 0 Å². The van der Waals surface area contributed by atoms with Crippen LogP contribution in [0.4, 0.5) is 13.2 Å². The van der Waals surface area contributed by atoms with E-state index in [-0.39, 0.29) is 32.1 Å². The van der Waals surface area contributed by atoms with E-state index >= 15 is 0 Å². The lowest BCUT2D eigenvalue weighted by Crippen LogP contribution is -2.54. The molecule has 3 rings (SSSR count). The zero-order chi connectivity index (χ0) is 15.1. The molecule has 21 heavy (non-hydrogen) atoms. The van der Waals surface area contributed by atoms with Crippen LogP contribution in [0.25, 0.3) is 0 Å². The van der Waals surface area contributed by atoms with Gasteiger partial charge in [-0.25, -0.2) is 0 Å². The molecule has 2 heterocycles. The summed E-state index contributed by atoms with van der Waals surface area (Å²) in [7, 11) is 0. The second-order valence-electron chi connectivity index (χ2n) is 5.75. The predicted molar refractivity (Wildman–Crippen MR) is 68.3 cm³/mol. The van der Waals surface area contributed by atoms with Crippen molar-refractivity contribution in [3.63, 3.8) is 0 Å². The summed E-state index contributed by atoms with van der Waals surface area (Å²) in [6.45, 7) is -0.0183. The number of nitrogens with one attached hydrogen (secondary N) is 1. The number of carbonyl (C=O) groups is 1. The zero-order valence-electron chi connectivity index (χ0n) is 11.4. The normalized spacial score (nSPS) is 26.0. The first-order valence-electron chi connectivity index (χ1n) is 7.05. The van der Waals surface area contributed by atoms with Crippen LogP contribution in [0.3, 0.4) is 0 Å². The van der Waals surface area contributed by atoms with Crippen molar-refractivity contribution in [2.45, 2.75) is 38.0 Å². The molecule has 0 aromatic carbocycles. The number of rotatable bonds is 4. The molecule has 116 valence electrons. The van der Waals surface area contributed by atoms with Gasteiger partial charge < -0.3 is 14.6 Å². The Hall–Kier alpha value is -1.50. The third-order valence-electron chi connectivity index (χ3n) is 4.26. The second-order valence-corrected chi connectivity index (χ2v) is 5.75. The maximum atomic E-state index is 13.5. The van der Waals surface area contributed by atoms with Gasteiger partial charge in [0.2, 0.25) is 5.91 Å². The summed E-state index contributed by atoms with van der Waals surface area (Å²) < 4.78 is 45.6. The number of nitrogens with zero attached hydrogens (tertiary/aromatic N) is 1. The van der Waals surface area contributed by atoms with E-state index in [1.54, 1.807) is 12.1 Å². The summed E-state index contributed by atoms with van der Waals surface area (Å²) in [5, 5.41) is 2.68. The fraction of sp³-hybridized carbons (Fsp3) is 0.643. The molecule has 1 atom stereocenters. The first kappa shape index (κ1) is 14.4.